The van der Waals surface area contributed by atoms with Gasteiger partial charge < -0.3 is 10.2 Å². The van der Waals surface area contributed by atoms with Crippen molar-refractivity contribution in [2.75, 3.05) is 26.7 Å². The summed E-state index contributed by atoms with van der Waals surface area (Å²) in [6.45, 7) is 7.12. The van der Waals surface area contributed by atoms with Gasteiger partial charge >= 0.3 is 0 Å². The van der Waals surface area contributed by atoms with Crippen molar-refractivity contribution in [2.24, 2.45) is 5.92 Å². The van der Waals surface area contributed by atoms with Gasteiger partial charge in [-0.15, -0.1) is 11.3 Å². The second-order valence-corrected chi connectivity index (χ2v) is 6.59. The molecule has 2 heterocycles. The average molecular weight is 280 g/mol. The van der Waals surface area contributed by atoms with Gasteiger partial charge in [-0.2, -0.15) is 0 Å². The molecule has 1 aromatic rings. The first-order valence-corrected chi connectivity index (χ1v) is 8.02. The predicted octanol–water partition coefficient (Wildman–Crippen LogP) is 2.94. The second kappa shape index (κ2) is 6.53. The zero-order valence-electron chi connectivity index (χ0n) is 12.1. The highest BCUT2D eigenvalue weighted by molar-refractivity contribution is 7.12. The highest BCUT2D eigenvalue weighted by atomic mass is 32.1. The fourth-order valence-corrected chi connectivity index (χ4v) is 3.82. The van der Waals surface area contributed by atoms with E-state index in [1.165, 1.54) is 12.0 Å². The van der Waals surface area contributed by atoms with E-state index in [1.807, 2.05) is 17.3 Å². The molecule has 0 unspecified atom stereocenters. The Morgan fingerprint density at radius 3 is 3.05 bits per heavy atom. The third kappa shape index (κ3) is 3.37. The summed E-state index contributed by atoms with van der Waals surface area (Å²) in [5.74, 6) is 1.26. The Balaban J connectivity index is 2.08. The molecule has 2 rings (SSSR count). The van der Waals surface area contributed by atoms with E-state index in [-0.39, 0.29) is 5.91 Å². The predicted molar refractivity (Wildman–Crippen MR) is 81.0 cm³/mol. The van der Waals surface area contributed by atoms with Crippen LogP contribution >= 0.6 is 11.3 Å². The molecule has 1 saturated heterocycles. The number of hydrogen-bond acceptors (Lipinski definition) is 3. The molecule has 0 aromatic carbocycles. The Morgan fingerprint density at radius 1 is 1.58 bits per heavy atom. The average Bonchev–Trinajstić information content (AvgIpc) is 2.88. The standard InChI is InChI=1S/C15H24N2OS/c1-11(2)13-6-8-19-14(13)15(18)17-7-4-5-12(10-17)9-16-3/h6,8,11-12,16H,4-5,7,9-10H2,1-3H3/t12-/m0/s1. The molecule has 1 N–H and O–H groups in total. The normalized spacial score (nSPS) is 20.0. The number of likely N-dealkylation sites (tertiary alicyclic amines) is 1. The van der Waals surface area contributed by atoms with Gasteiger partial charge in [0.1, 0.15) is 0 Å². The summed E-state index contributed by atoms with van der Waals surface area (Å²) in [4.78, 5) is 15.6. The quantitative estimate of drug-likeness (QED) is 0.919. The molecule has 106 valence electrons. The van der Waals surface area contributed by atoms with Crippen LogP contribution < -0.4 is 5.32 Å². The third-order valence-corrected chi connectivity index (χ3v) is 4.73. The first-order valence-electron chi connectivity index (χ1n) is 7.14. The minimum Gasteiger partial charge on any atom is -0.338 e. The van der Waals surface area contributed by atoms with Crippen molar-refractivity contribution in [1.29, 1.82) is 0 Å². The Hall–Kier alpha value is -0.870. The molecule has 1 amide bonds. The molecule has 1 atom stereocenters. The summed E-state index contributed by atoms with van der Waals surface area (Å²) in [7, 11) is 1.98. The van der Waals surface area contributed by atoms with Crippen LogP contribution in [0.25, 0.3) is 0 Å². The molecular weight excluding hydrogens is 256 g/mol. The van der Waals surface area contributed by atoms with E-state index in [1.54, 1.807) is 11.3 Å². The van der Waals surface area contributed by atoms with Gasteiger partial charge in [-0.3, -0.25) is 4.79 Å². The van der Waals surface area contributed by atoms with E-state index >= 15 is 0 Å². The van der Waals surface area contributed by atoms with E-state index in [9.17, 15) is 4.79 Å². The summed E-state index contributed by atoms with van der Waals surface area (Å²) >= 11 is 1.59. The summed E-state index contributed by atoms with van der Waals surface area (Å²) in [6, 6.07) is 2.09. The van der Waals surface area contributed by atoms with E-state index < -0.39 is 0 Å². The molecule has 0 spiro atoms. The molecule has 0 aliphatic carbocycles. The Bertz CT molecular complexity index is 426. The molecule has 3 nitrogen and oxygen atoms in total. The Morgan fingerprint density at radius 2 is 2.37 bits per heavy atom. The fourth-order valence-electron chi connectivity index (χ4n) is 2.80. The van der Waals surface area contributed by atoms with E-state index in [2.05, 4.69) is 25.2 Å². The van der Waals surface area contributed by atoms with Crippen LogP contribution in [0.4, 0.5) is 0 Å². The lowest BCUT2D eigenvalue weighted by atomic mass is 9.97. The van der Waals surface area contributed by atoms with Crippen LogP contribution in [0, 0.1) is 5.92 Å². The van der Waals surface area contributed by atoms with Crippen LogP contribution in [0.3, 0.4) is 0 Å². The van der Waals surface area contributed by atoms with E-state index in [0.717, 1.165) is 30.9 Å². The largest absolute Gasteiger partial charge is 0.338 e. The van der Waals surface area contributed by atoms with Gasteiger partial charge in [0, 0.05) is 13.1 Å². The number of hydrogen-bond donors (Lipinski definition) is 1. The highest BCUT2D eigenvalue weighted by Crippen LogP contribution is 2.27. The monoisotopic (exact) mass is 280 g/mol. The van der Waals surface area contributed by atoms with Gasteiger partial charge in [0.2, 0.25) is 0 Å². The number of carbonyl (C=O) groups excluding carboxylic acids is 1. The summed E-state index contributed by atoms with van der Waals surface area (Å²) in [5, 5.41) is 5.27. The van der Waals surface area contributed by atoms with Crippen LogP contribution in [0.1, 0.15) is 47.8 Å². The minimum atomic E-state index is 0.236. The maximum absolute atomic E-state index is 12.7. The zero-order valence-corrected chi connectivity index (χ0v) is 12.9. The Labute approximate surface area is 120 Å². The van der Waals surface area contributed by atoms with Gasteiger partial charge in [0.25, 0.3) is 5.91 Å². The van der Waals surface area contributed by atoms with Crippen molar-refractivity contribution in [3.05, 3.63) is 21.9 Å². The van der Waals surface area contributed by atoms with Crippen LogP contribution in [0.2, 0.25) is 0 Å². The number of carbonyl (C=O) groups is 1. The molecule has 0 saturated carbocycles. The fraction of sp³-hybridized carbons (Fsp3) is 0.667. The maximum atomic E-state index is 12.7. The number of piperidine rings is 1. The SMILES string of the molecule is CNC[C@@H]1CCCN(C(=O)c2sccc2C(C)C)C1. The van der Waals surface area contributed by atoms with Crippen molar-refractivity contribution in [1.82, 2.24) is 10.2 Å². The lowest BCUT2D eigenvalue weighted by Crippen LogP contribution is -2.42. The molecular formula is C15H24N2OS. The van der Waals surface area contributed by atoms with Crippen molar-refractivity contribution >= 4 is 17.2 Å². The highest BCUT2D eigenvalue weighted by Gasteiger charge is 2.26. The molecule has 19 heavy (non-hydrogen) atoms. The van der Waals surface area contributed by atoms with Gasteiger partial charge in [-0.25, -0.2) is 0 Å². The lowest BCUT2D eigenvalue weighted by Gasteiger charge is -2.32. The molecule has 1 fully saturated rings. The Kier molecular flexibility index (Phi) is 4.99. The van der Waals surface area contributed by atoms with Gasteiger partial charge in [0.15, 0.2) is 0 Å². The number of amides is 1. The summed E-state index contributed by atoms with van der Waals surface area (Å²) in [6.07, 6.45) is 2.35. The van der Waals surface area contributed by atoms with Gasteiger partial charge in [-0.05, 0) is 55.3 Å². The van der Waals surface area contributed by atoms with Crippen molar-refractivity contribution in [3.63, 3.8) is 0 Å². The van der Waals surface area contributed by atoms with Crippen LogP contribution in [0.5, 0.6) is 0 Å². The van der Waals surface area contributed by atoms with Crippen LogP contribution in [0.15, 0.2) is 11.4 Å². The first kappa shape index (κ1) is 14.5. The van der Waals surface area contributed by atoms with E-state index in [4.69, 9.17) is 0 Å². The molecule has 0 radical (unpaired) electrons. The number of nitrogens with one attached hydrogen (secondary N) is 1. The van der Waals surface area contributed by atoms with Crippen molar-refractivity contribution < 1.29 is 4.79 Å². The number of thiophene rings is 1. The smallest absolute Gasteiger partial charge is 0.264 e. The topological polar surface area (TPSA) is 32.3 Å². The molecule has 4 heteroatoms. The van der Waals surface area contributed by atoms with Crippen LogP contribution in [-0.2, 0) is 0 Å². The summed E-state index contributed by atoms with van der Waals surface area (Å²) in [5.41, 5.74) is 1.20. The third-order valence-electron chi connectivity index (χ3n) is 3.81. The number of nitrogens with zero attached hydrogens (tertiary/aromatic N) is 1. The van der Waals surface area contributed by atoms with E-state index in [0.29, 0.717) is 11.8 Å². The maximum Gasteiger partial charge on any atom is 0.264 e. The summed E-state index contributed by atoms with van der Waals surface area (Å²) < 4.78 is 0. The van der Waals surface area contributed by atoms with Crippen LogP contribution in [-0.4, -0.2) is 37.5 Å². The first-order chi connectivity index (χ1) is 9.13. The second-order valence-electron chi connectivity index (χ2n) is 5.68. The minimum absolute atomic E-state index is 0.236. The molecule has 1 aromatic heterocycles. The van der Waals surface area contributed by atoms with Crippen molar-refractivity contribution in [2.45, 2.75) is 32.6 Å². The van der Waals surface area contributed by atoms with Crippen molar-refractivity contribution in [3.8, 4) is 0 Å². The number of rotatable bonds is 4. The molecule has 0 bridgehead atoms. The lowest BCUT2D eigenvalue weighted by molar-refractivity contribution is 0.0678. The zero-order chi connectivity index (χ0) is 13.8. The van der Waals surface area contributed by atoms with Gasteiger partial charge in [-0.1, -0.05) is 13.8 Å². The molecule has 1 aliphatic rings. The molecule has 1 aliphatic heterocycles. The van der Waals surface area contributed by atoms with Gasteiger partial charge in [0.05, 0.1) is 4.88 Å².